The summed E-state index contributed by atoms with van der Waals surface area (Å²) in [6, 6.07) is 112. The van der Waals surface area contributed by atoms with E-state index in [2.05, 4.69) is 313 Å². The Morgan fingerprint density at radius 2 is 0.792 bits per heavy atom. The van der Waals surface area contributed by atoms with Crippen LogP contribution in [-0.4, -0.2) is 4.57 Å². The van der Waals surface area contributed by atoms with E-state index in [-0.39, 0.29) is 0 Å². The van der Waals surface area contributed by atoms with Gasteiger partial charge in [-0.05, 0) is 132 Å². The van der Waals surface area contributed by atoms with Crippen LogP contribution < -0.4 is 4.90 Å². The van der Waals surface area contributed by atoms with Crippen molar-refractivity contribution in [1.82, 2.24) is 4.57 Å². The molecule has 0 bridgehead atoms. The molecule has 0 N–H and O–H groups in total. The lowest BCUT2D eigenvalue weighted by Crippen LogP contribution is -2.28. The average Bonchev–Trinajstić information content (AvgIpc) is 4.09. The van der Waals surface area contributed by atoms with Gasteiger partial charge in [0.1, 0.15) is 0 Å². The van der Waals surface area contributed by atoms with Crippen LogP contribution in [0.2, 0.25) is 0 Å². The molecule has 0 saturated carbocycles. The molecule has 360 valence electrons. The summed E-state index contributed by atoms with van der Waals surface area (Å²) in [5.74, 6) is 0. The van der Waals surface area contributed by atoms with Crippen LogP contribution >= 0.6 is 0 Å². The molecule has 77 heavy (non-hydrogen) atoms. The molecule has 14 aromatic rings. The number of rotatable bonds is 9. The Labute approximate surface area is 448 Å². The lowest BCUT2D eigenvalue weighted by atomic mass is 9.67. The van der Waals surface area contributed by atoms with E-state index in [1.54, 1.807) is 0 Å². The topological polar surface area (TPSA) is 8.17 Å². The van der Waals surface area contributed by atoms with Crippen molar-refractivity contribution in [2.75, 3.05) is 4.90 Å². The number of para-hydroxylation sites is 1. The fraction of sp³-hybridized carbons (Fsp3) is 0.0133. The normalized spacial score (nSPS) is 12.5. The molecule has 0 aliphatic heterocycles. The van der Waals surface area contributed by atoms with Gasteiger partial charge in [-0.15, -0.1) is 0 Å². The SMILES string of the molecule is c1ccc(-c2ccc(N(c3ccc(-c4ccc(-c5ccc6c(c5)c5ccccc5n6-c5cccc6ccccc56)cc4)cc3)c3ccc4c(c3)C(c3ccccc3)(c3ccccc3)c3ccccc3-4)c3ccccc23)cc1. The Hall–Kier alpha value is -10.0. The van der Waals surface area contributed by atoms with Crippen molar-refractivity contribution in [3.63, 3.8) is 0 Å². The summed E-state index contributed by atoms with van der Waals surface area (Å²) in [4.78, 5) is 2.47. The van der Waals surface area contributed by atoms with Gasteiger partial charge in [0.2, 0.25) is 0 Å². The minimum Gasteiger partial charge on any atom is -0.310 e. The van der Waals surface area contributed by atoms with Gasteiger partial charge in [-0.3, -0.25) is 0 Å². The zero-order valence-corrected chi connectivity index (χ0v) is 42.3. The average molecular weight is 979 g/mol. The van der Waals surface area contributed by atoms with Crippen LogP contribution in [0.25, 0.3) is 93.5 Å². The first kappa shape index (κ1) is 44.5. The number of anilines is 3. The molecular weight excluding hydrogens is 929 g/mol. The molecular formula is C75H50N2. The van der Waals surface area contributed by atoms with Gasteiger partial charge in [0, 0.05) is 32.9 Å². The summed E-state index contributed by atoms with van der Waals surface area (Å²) in [7, 11) is 0. The minimum absolute atomic E-state index is 0.534. The highest BCUT2D eigenvalue weighted by Gasteiger charge is 2.46. The fourth-order valence-corrected chi connectivity index (χ4v) is 12.8. The molecule has 0 atom stereocenters. The Balaban J connectivity index is 0.844. The Kier molecular flexibility index (Phi) is 10.5. The second kappa shape index (κ2) is 18.1. The number of fused-ring (bicyclic) bond motifs is 8. The van der Waals surface area contributed by atoms with Crippen LogP contribution in [0.4, 0.5) is 17.1 Å². The van der Waals surface area contributed by atoms with Gasteiger partial charge in [-0.25, -0.2) is 0 Å². The predicted octanol–water partition coefficient (Wildman–Crippen LogP) is 19.9. The van der Waals surface area contributed by atoms with Gasteiger partial charge in [0.15, 0.2) is 0 Å². The Morgan fingerprint density at radius 1 is 0.273 bits per heavy atom. The maximum Gasteiger partial charge on any atom is 0.0714 e. The van der Waals surface area contributed by atoms with E-state index in [9.17, 15) is 0 Å². The maximum absolute atomic E-state index is 2.47. The number of hydrogen-bond donors (Lipinski definition) is 0. The lowest BCUT2D eigenvalue weighted by Gasteiger charge is -2.35. The van der Waals surface area contributed by atoms with Crippen molar-refractivity contribution >= 4 is 60.4 Å². The molecule has 15 rings (SSSR count). The molecule has 0 fully saturated rings. The third kappa shape index (κ3) is 7.10. The fourth-order valence-electron chi connectivity index (χ4n) is 12.8. The summed E-state index contributed by atoms with van der Waals surface area (Å²) in [5.41, 5.74) is 21.1. The van der Waals surface area contributed by atoms with Gasteiger partial charge >= 0.3 is 0 Å². The minimum atomic E-state index is -0.534. The zero-order chi connectivity index (χ0) is 50.9. The quantitative estimate of drug-likeness (QED) is 0.140. The second-order valence-electron chi connectivity index (χ2n) is 20.3. The number of aromatic nitrogens is 1. The zero-order valence-electron chi connectivity index (χ0n) is 42.3. The van der Waals surface area contributed by atoms with E-state index in [1.165, 1.54) is 110 Å². The number of benzene rings is 13. The maximum atomic E-state index is 2.47. The first-order valence-corrected chi connectivity index (χ1v) is 26.7. The molecule has 2 heteroatoms. The summed E-state index contributed by atoms with van der Waals surface area (Å²) < 4.78 is 2.43. The monoisotopic (exact) mass is 978 g/mol. The lowest BCUT2D eigenvalue weighted by molar-refractivity contribution is 0.768. The first-order valence-electron chi connectivity index (χ1n) is 26.7. The third-order valence-electron chi connectivity index (χ3n) is 16.3. The van der Waals surface area contributed by atoms with Gasteiger partial charge < -0.3 is 9.47 Å². The standard InChI is InChI=1S/C75H50N2/c1-4-19-54(20-5-1)61-46-48-73(66-30-13-12-28-63(61)66)76(60-44-45-65-64-29-14-16-32-69(64)75(70(65)50-60,57-23-6-2-7-24-57)58-25-8-3-9-26-58)59-42-39-52(40-43-59)51-35-37-53(38-36-51)56-41-47-74-68(49-56)67-31-15-17-33-72(67)77(74)71-34-18-22-55-21-10-11-27-62(55)71/h1-50H. The van der Waals surface area contributed by atoms with Crippen molar-refractivity contribution in [3.8, 4) is 50.2 Å². The van der Waals surface area contributed by atoms with Crippen molar-refractivity contribution in [1.29, 1.82) is 0 Å². The summed E-state index contributed by atoms with van der Waals surface area (Å²) in [5, 5.41) is 7.38. The van der Waals surface area contributed by atoms with E-state index < -0.39 is 5.41 Å². The van der Waals surface area contributed by atoms with Gasteiger partial charge in [0.05, 0.1) is 27.8 Å². The van der Waals surface area contributed by atoms with Crippen LogP contribution in [0.1, 0.15) is 22.3 Å². The Bertz CT molecular complexity index is 4490. The van der Waals surface area contributed by atoms with E-state index in [0.717, 1.165) is 22.6 Å². The summed E-state index contributed by atoms with van der Waals surface area (Å²) in [6.45, 7) is 0. The third-order valence-corrected chi connectivity index (χ3v) is 16.3. The Morgan fingerprint density at radius 3 is 1.53 bits per heavy atom. The number of nitrogens with zero attached hydrogens (tertiary/aromatic N) is 2. The molecule has 0 radical (unpaired) electrons. The molecule has 0 saturated heterocycles. The van der Waals surface area contributed by atoms with Crippen LogP contribution in [0.5, 0.6) is 0 Å². The highest BCUT2D eigenvalue weighted by molar-refractivity contribution is 6.12. The summed E-state index contributed by atoms with van der Waals surface area (Å²) >= 11 is 0. The highest BCUT2D eigenvalue weighted by atomic mass is 15.1. The van der Waals surface area contributed by atoms with Gasteiger partial charge in [-0.1, -0.05) is 249 Å². The van der Waals surface area contributed by atoms with Crippen molar-refractivity contribution < 1.29 is 0 Å². The van der Waals surface area contributed by atoms with E-state index in [1.807, 2.05) is 0 Å². The molecule has 1 aliphatic carbocycles. The summed E-state index contributed by atoms with van der Waals surface area (Å²) in [6.07, 6.45) is 0. The molecule has 1 heterocycles. The van der Waals surface area contributed by atoms with Crippen LogP contribution in [0.15, 0.2) is 303 Å². The largest absolute Gasteiger partial charge is 0.310 e. The highest BCUT2D eigenvalue weighted by Crippen LogP contribution is 2.57. The smallest absolute Gasteiger partial charge is 0.0714 e. The molecule has 2 nitrogen and oxygen atoms in total. The molecule has 1 aromatic heterocycles. The van der Waals surface area contributed by atoms with E-state index >= 15 is 0 Å². The first-order chi connectivity index (χ1) is 38.2. The van der Waals surface area contributed by atoms with Gasteiger partial charge in [0.25, 0.3) is 0 Å². The molecule has 0 spiro atoms. The van der Waals surface area contributed by atoms with Crippen molar-refractivity contribution in [2.24, 2.45) is 0 Å². The van der Waals surface area contributed by atoms with E-state index in [0.29, 0.717) is 0 Å². The molecule has 0 amide bonds. The van der Waals surface area contributed by atoms with Gasteiger partial charge in [-0.2, -0.15) is 0 Å². The van der Waals surface area contributed by atoms with Crippen LogP contribution in [0, 0.1) is 0 Å². The van der Waals surface area contributed by atoms with Crippen LogP contribution in [0.3, 0.4) is 0 Å². The molecule has 13 aromatic carbocycles. The van der Waals surface area contributed by atoms with Crippen molar-refractivity contribution in [2.45, 2.75) is 5.41 Å². The molecule has 0 unspecified atom stereocenters. The van der Waals surface area contributed by atoms with E-state index in [4.69, 9.17) is 0 Å². The van der Waals surface area contributed by atoms with Crippen molar-refractivity contribution in [3.05, 3.63) is 326 Å². The van der Waals surface area contributed by atoms with Crippen LogP contribution in [-0.2, 0) is 5.41 Å². The second-order valence-corrected chi connectivity index (χ2v) is 20.3. The number of hydrogen-bond acceptors (Lipinski definition) is 1. The molecule has 1 aliphatic rings. The predicted molar refractivity (Wildman–Crippen MR) is 324 cm³/mol.